The van der Waals surface area contributed by atoms with Gasteiger partial charge in [-0.05, 0) is 30.7 Å². The first-order valence-corrected chi connectivity index (χ1v) is 8.08. The van der Waals surface area contributed by atoms with Crippen LogP contribution in [0.5, 0.6) is 5.88 Å². The predicted molar refractivity (Wildman–Crippen MR) is 79.1 cm³/mol. The third-order valence-corrected chi connectivity index (χ3v) is 5.06. The van der Waals surface area contributed by atoms with E-state index in [1.165, 1.54) is 12.1 Å². The van der Waals surface area contributed by atoms with Crippen LogP contribution in [0.2, 0.25) is 0 Å². The Morgan fingerprint density at radius 2 is 2.00 bits per heavy atom. The van der Waals surface area contributed by atoms with Gasteiger partial charge in [-0.25, -0.2) is 4.98 Å². The summed E-state index contributed by atoms with van der Waals surface area (Å²) in [6, 6.07) is 3.58. The van der Waals surface area contributed by atoms with Gasteiger partial charge in [-0.3, -0.25) is 4.79 Å². The summed E-state index contributed by atoms with van der Waals surface area (Å²) < 4.78 is 43.4. The van der Waals surface area contributed by atoms with Gasteiger partial charge in [0.05, 0.1) is 13.1 Å². The predicted octanol–water partition coefficient (Wildman–Crippen LogP) is 2.90. The van der Waals surface area contributed by atoms with E-state index in [2.05, 4.69) is 17.1 Å². The molecule has 1 amide bonds. The highest BCUT2D eigenvalue weighted by atomic mass is 19.4. The topological polar surface area (TPSA) is 42.4 Å². The third kappa shape index (κ3) is 2.76. The third-order valence-electron chi connectivity index (χ3n) is 5.06. The van der Waals surface area contributed by atoms with Gasteiger partial charge in [0.2, 0.25) is 11.8 Å². The molecule has 3 atom stereocenters. The monoisotopic (exact) mass is 338 g/mol. The molecule has 1 aromatic rings. The Bertz CT molecular complexity index is 683. The Hall–Kier alpha value is -2.05. The van der Waals surface area contributed by atoms with Crippen molar-refractivity contribution in [1.29, 1.82) is 0 Å². The molecule has 1 saturated carbocycles. The van der Waals surface area contributed by atoms with Crippen molar-refractivity contribution in [2.24, 2.45) is 17.8 Å². The van der Waals surface area contributed by atoms with Crippen molar-refractivity contribution in [3.8, 4) is 5.88 Å². The lowest BCUT2D eigenvalue weighted by atomic mass is 9.91. The molecule has 3 aliphatic rings. The van der Waals surface area contributed by atoms with E-state index in [4.69, 9.17) is 4.74 Å². The number of rotatable bonds is 3. The molecule has 0 N–H and O–H groups in total. The first-order valence-electron chi connectivity index (χ1n) is 8.08. The number of fused-ring (bicyclic) bond motifs is 2. The molecular formula is C17H17F3N2O2. The number of aromatic nitrogens is 1. The lowest BCUT2D eigenvalue weighted by molar-refractivity contribution is -0.145. The minimum Gasteiger partial charge on any atom is -0.471 e. The van der Waals surface area contributed by atoms with Gasteiger partial charge in [-0.2, -0.15) is 13.2 Å². The number of alkyl halides is 3. The Kier molecular flexibility index (Phi) is 3.54. The summed E-state index contributed by atoms with van der Waals surface area (Å²) in [4.78, 5) is 17.7. The summed E-state index contributed by atoms with van der Waals surface area (Å²) in [5, 5.41) is 0. The van der Waals surface area contributed by atoms with E-state index >= 15 is 0 Å². The molecule has 0 spiro atoms. The Labute approximate surface area is 137 Å². The van der Waals surface area contributed by atoms with Crippen LogP contribution in [-0.4, -0.2) is 35.0 Å². The van der Waals surface area contributed by atoms with Crippen LogP contribution in [0.25, 0.3) is 0 Å². The number of ether oxygens (including phenoxy) is 1. The molecule has 0 radical (unpaired) electrons. The molecule has 1 aromatic heterocycles. The van der Waals surface area contributed by atoms with Crippen molar-refractivity contribution in [3.05, 3.63) is 36.0 Å². The first kappa shape index (κ1) is 15.5. The molecule has 128 valence electrons. The SMILES string of the molecule is O=C(C1CC2C=CC1C2)N1CC(Oc2cccc(C(F)(F)F)n2)C1. The fraction of sp³-hybridized carbons (Fsp3) is 0.529. The van der Waals surface area contributed by atoms with Crippen molar-refractivity contribution in [2.75, 3.05) is 13.1 Å². The van der Waals surface area contributed by atoms with E-state index in [1.54, 1.807) is 4.90 Å². The van der Waals surface area contributed by atoms with Crippen LogP contribution in [0.15, 0.2) is 30.4 Å². The molecular weight excluding hydrogens is 321 g/mol. The van der Waals surface area contributed by atoms with E-state index in [9.17, 15) is 18.0 Å². The summed E-state index contributed by atoms with van der Waals surface area (Å²) in [5.41, 5.74) is -0.971. The van der Waals surface area contributed by atoms with Gasteiger partial charge in [0.1, 0.15) is 11.8 Å². The summed E-state index contributed by atoms with van der Waals surface area (Å²) in [7, 11) is 0. The highest BCUT2D eigenvalue weighted by Crippen LogP contribution is 2.44. The summed E-state index contributed by atoms with van der Waals surface area (Å²) in [6.07, 6.45) is 1.53. The van der Waals surface area contributed by atoms with Crippen LogP contribution in [0.1, 0.15) is 18.5 Å². The maximum absolute atomic E-state index is 12.6. The Morgan fingerprint density at radius 3 is 2.62 bits per heavy atom. The average Bonchev–Trinajstić information content (AvgIpc) is 3.12. The number of pyridine rings is 1. The quantitative estimate of drug-likeness (QED) is 0.796. The fourth-order valence-corrected chi connectivity index (χ4v) is 3.80. The molecule has 2 fully saturated rings. The lowest BCUT2D eigenvalue weighted by Crippen LogP contribution is -2.58. The smallest absolute Gasteiger partial charge is 0.433 e. The normalized spacial score (nSPS) is 29.0. The second kappa shape index (κ2) is 5.50. The van der Waals surface area contributed by atoms with E-state index in [1.807, 2.05) is 0 Å². The van der Waals surface area contributed by atoms with Crippen molar-refractivity contribution in [3.63, 3.8) is 0 Å². The maximum Gasteiger partial charge on any atom is 0.433 e. The van der Waals surface area contributed by atoms with E-state index < -0.39 is 11.9 Å². The van der Waals surface area contributed by atoms with Gasteiger partial charge < -0.3 is 9.64 Å². The van der Waals surface area contributed by atoms with Gasteiger partial charge in [0.15, 0.2) is 0 Å². The minimum atomic E-state index is -4.49. The molecule has 2 heterocycles. The van der Waals surface area contributed by atoms with Crippen LogP contribution >= 0.6 is 0 Å². The van der Waals surface area contributed by atoms with Crippen LogP contribution in [0.3, 0.4) is 0 Å². The molecule has 2 aliphatic carbocycles. The van der Waals surface area contributed by atoms with Gasteiger partial charge in [-0.15, -0.1) is 0 Å². The second-order valence-corrected chi connectivity index (χ2v) is 6.73. The number of hydrogen-bond donors (Lipinski definition) is 0. The summed E-state index contributed by atoms with van der Waals surface area (Å²) in [6.45, 7) is 0.822. The second-order valence-electron chi connectivity index (χ2n) is 6.73. The first-order chi connectivity index (χ1) is 11.4. The zero-order valence-corrected chi connectivity index (χ0v) is 12.9. The number of allylic oxidation sites excluding steroid dienone is 2. The molecule has 1 saturated heterocycles. The fourth-order valence-electron chi connectivity index (χ4n) is 3.80. The molecule has 7 heteroatoms. The van der Waals surface area contributed by atoms with Crippen molar-refractivity contribution < 1.29 is 22.7 Å². The van der Waals surface area contributed by atoms with Gasteiger partial charge in [0.25, 0.3) is 0 Å². The summed E-state index contributed by atoms with van der Waals surface area (Å²) in [5.74, 6) is 1.04. The van der Waals surface area contributed by atoms with Crippen LogP contribution in [0.4, 0.5) is 13.2 Å². The molecule has 1 aliphatic heterocycles. The molecule has 4 nitrogen and oxygen atoms in total. The van der Waals surface area contributed by atoms with Crippen LogP contribution in [0, 0.1) is 17.8 Å². The number of nitrogens with zero attached hydrogens (tertiary/aromatic N) is 2. The van der Waals surface area contributed by atoms with Crippen molar-refractivity contribution in [1.82, 2.24) is 9.88 Å². The number of carbonyl (C=O) groups excluding carboxylic acids is 1. The van der Waals surface area contributed by atoms with Gasteiger partial charge in [-0.1, -0.05) is 18.2 Å². The standard InChI is InChI=1S/C17H17F3N2O2/c18-17(19,20)14-2-1-3-15(21-14)24-12-8-22(9-12)16(23)13-7-10-4-5-11(13)6-10/h1-5,10-13H,6-9H2. The molecule has 24 heavy (non-hydrogen) atoms. The zero-order chi connectivity index (χ0) is 16.9. The number of hydrogen-bond acceptors (Lipinski definition) is 3. The van der Waals surface area contributed by atoms with Crippen molar-refractivity contribution in [2.45, 2.75) is 25.1 Å². The number of likely N-dealkylation sites (tertiary alicyclic amines) is 1. The van der Waals surface area contributed by atoms with Crippen molar-refractivity contribution >= 4 is 5.91 Å². The Morgan fingerprint density at radius 1 is 1.21 bits per heavy atom. The summed E-state index contributed by atoms with van der Waals surface area (Å²) >= 11 is 0. The molecule has 3 unspecified atom stereocenters. The van der Waals surface area contributed by atoms with Crippen LogP contribution < -0.4 is 4.74 Å². The molecule has 2 bridgehead atoms. The average molecular weight is 338 g/mol. The van der Waals surface area contributed by atoms with E-state index in [-0.39, 0.29) is 23.8 Å². The van der Waals surface area contributed by atoms with Crippen LogP contribution in [-0.2, 0) is 11.0 Å². The number of carbonyl (C=O) groups is 1. The highest BCUT2D eigenvalue weighted by Gasteiger charge is 2.44. The lowest BCUT2D eigenvalue weighted by Gasteiger charge is -2.40. The number of halogens is 3. The molecule has 0 aromatic carbocycles. The maximum atomic E-state index is 12.6. The number of amides is 1. The minimum absolute atomic E-state index is 0.0511. The highest BCUT2D eigenvalue weighted by molar-refractivity contribution is 5.81. The van der Waals surface area contributed by atoms with E-state index in [0.717, 1.165) is 18.9 Å². The largest absolute Gasteiger partial charge is 0.471 e. The zero-order valence-electron chi connectivity index (χ0n) is 12.9. The van der Waals surface area contributed by atoms with E-state index in [0.29, 0.717) is 24.9 Å². The van der Waals surface area contributed by atoms with Gasteiger partial charge >= 0.3 is 6.18 Å². The van der Waals surface area contributed by atoms with Gasteiger partial charge in [0, 0.05) is 12.0 Å². The molecule has 4 rings (SSSR count). The Balaban J connectivity index is 1.32.